The smallest absolute Gasteiger partial charge is 0.303 e. The first-order valence-corrected chi connectivity index (χ1v) is 4.10. The quantitative estimate of drug-likeness (QED) is 0.630. The largest absolute Gasteiger partial charge is 0.481 e. The van der Waals surface area contributed by atoms with Gasteiger partial charge in [0.05, 0.1) is 12.5 Å². The van der Waals surface area contributed by atoms with Gasteiger partial charge in [0.25, 0.3) is 0 Å². The fraction of sp³-hybridized carbons (Fsp3) is 0.875. The maximum Gasteiger partial charge on any atom is 0.303 e. The van der Waals surface area contributed by atoms with Crippen LogP contribution in [0.25, 0.3) is 0 Å². The van der Waals surface area contributed by atoms with E-state index in [0.29, 0.717) is 0 Å². The number of carboxylic acid groups (broad SMARTS) is 1. The molecule has 64 valence electrons. The topological polar surface area (TPSA) is 57.5 Å². The minimum atomic E-state index is -0.795. The first-order chi connectivity index (χ1) is 5.20. The highest BCUT2D eigenvalue weighted by molar-refractivity contribution is 5.67. The molecule has 0 aliphatic heterocycles. The van der Waals surface area contributed by atoms with E-state index in [4.69, 9.17) is 5.11 Å². The van der Waals surface area contributed by atoms with Crippen LogP contribution < -0.4 is 0 Å². The van der Waals surface area contributed by atoms with Crippen molar-refractivity contribution in [3.8, 4) is 0 Å². The molecule has 1 aliphatic carbocycles. The van der Waals surface area contributed by atoms with Gasteiger partial charge in [0.2, 0.25) is 0 Å². The first-order valence-electron chi connectivity index (χ1n) is 4.10. The predicted octanol–water partition coefficient (Wildman–Crippen LogP) is 1.01. The molecule has 0 spiro atoms. The van der Waals surface area contributed by atoms with Gasteiger partial charge in [-0.2, -0.15) is 0 Å². The van der Waals surface area contributed by atoms with Crippen molar-refractivity contribution < 1.29 is 15.0 Å². The summed E-state index contributed by atoms with van der Waals surface area (Å²) in [7, 11) is 0. The molecule has 0 amide bonds. The van der Waals surface area contributed by atoms with E-state index in [1.807, 2.05) is 0 Å². The maximum atomic E-state index is 10.3. The average Bonchev–Trinajstić information content (AvgIpc) is 1.93. The van der Waals surface area contributed by atoms with Crippen LogP contribution in [0.4, 0.5) is 0 Å². The summed E-state index contributed by atoms with van der Waals surface area (Å²) >= 11 is 0. The lowest BCUT2D eigenvalue weighted by Crippen LogP contribution is -2.26. The summed E-state index contributed by atoms with van der Waals surface area (Å²) < 4.78 is 0. The van der Waals surface area contributed by atoms with Crippen LogP contribution >= 0.6 is 0 Å². The molecule has 0 saturated heterocycles. The molecule has 0 aromatic rings. The third kappa shape index (κ3) is 2.50. The number of carboxylic acids is 1. The molecule has 1 unspecified atom stereocenters. The Kier molecular flexibility index (Phi) is 2.88. The van der Waals surface area contributed by atoms with Gasteiger partial charge in [-0.05, 0) is 18.8 Å². The Hall–Kier alpha value is -0.570. The number of aliphatic hydroxyl groups excluding tert-OH is 1. The molecule has 3 heteroatoms. The van der Waals surface area contributed by atoms with Crippen molar-refractivity contribution in [1.29, 1.82) is 0 Å². The van der Waals surface area contributed by atoms with E-state index in [2.05, 4.69) is 0 Å². The van der Waals surface area contributed by atoms with Crippen LogP contribution in [-0.2, 0) is 4.79 Å². The molecule has 1 rings (SSSR count). The second-order valence-electron chi connectivity index (χ2n) is 3.21. The van der Waals surface area contributed by atoms with Crippen molar-refractivity contribution >= 4 is 5.97 Å². The molecule has 0 aromatic heterocycles. The SMILES string of the molecule is O=C(O)CC1CCCC[C@@H]1O. The first kappa shape index (κ1) is 8.53. The van der Waals surface area contributed by atoms with Crippen LogP contribution in [-0.4, -0.2) is 22.3 Å². The lowest BCUT2D eigenvalue weighted by molar-refractivity contribution is -0.139. The Balaban J connectivity index is 2.35. The van der Waals surface area contributed by atoms with Crippen LogP contribution in [0.3, 0.4) is 0 Å². The molecule has 0 bridgehead atoms. The van der Waals surface area contributed by atoms with Gasteiger partial charge >= 0.3 is 5.97 Å². The van der Waals surface area contributed by atoms with Crippen LogP contribution in [0, 0.1) is 5.92 Å². The highest BCUT2D eigenvalue weighted by Crippen LogP contribution is 2.26. The number of aliphatic hydroxyl groups is 1. The van der Waals surface area contributed by atoms with E-state index < -0.39 is 5.97 Å². The summed E-state index contributed by atoms with van der Waals surface area (Å²) in [6.07, 6.45) is 3.50. The third-order valence-electron chi connectivity index (χ3n) is 2.31. The fourth-order valence-corrected chi connectivity index (χ4v) is 1.65. The van der Waals surface area contributed by atoms with E-state index in [9.17, 15) is 9.90 Å². The summed E-state index contributed by atoms with van der Waals surface area (Å²) in [5.74, 6) is -0.794. The Bertz CT molecular complexity index is 144. The van der Waals surface area contributed by atoms with Crippen molar-refractivity contribution in [2.45, 2.75) is 38.2 Å². The highest BCUT2D eigenvalue weighted by Gasteiger charge is 2.24. The van der Waals surface area contributed by atoms with Crippen LogP contribution in [0.2, 0.25) is 0 Å². The molecule has 0 aromatic carbocycles. The second kappa shape index (κ2) is 3.72. The predicted molar refractivity (Wildman–Crippen MR) is 40.2 cm³/mol. The van der Waals surface area contributed by atoms with Gasteiger partial charge in [0.1, 0.15) is 0 Å². The molecule has 2 atom stereocenters. The molecule has 2 N–H and O–H groups in total. The molecule has 11 heavy (non-hydrogen) atoms. The van der Waals surface area contributed by atoms with Crippen molar-refractivity contribution in [2.75, 3.05) is 0 Å². The molecule has 1 aliphatic rings. The van der Waals surface area contributed by atoms with E-state index in [0.717, 1.165) is 25.7 Å². The highest BCUT2D eigenvalue weighted by atomic mass is 16.4. The Labute approximate surface area is 66.0 Å². The summed E-state index contributed by atoms with van der Waals surface area (Å²) in [5.41, 5.74) is 0. The Morgan fingerprint density at radius 1 is 1.36 bits per heavy atom. The Morgan fingerprint density at radius 2 is 2.00 bits per heavy atom. The lowest BCUT2D eigenvalue weighted by atomic mass is 9.84. The number of rotatable bonds is 2. The van der Waals surface area contributed by atoms with E-state index in [-0.39, 0.29) is 18.4 Å². The van der Waals surface area contributed by atoms with Gasteiger partial charge in [-0.15, -0.1) is 0 Å². The minimum absolute atomic E-state index is 0.00116. The minimum Gasteiger partial charge on any atom is -0.481 e. The maximum absolute atomic E-state index is 10.3. The summed E-state index contributed by atoms with van der Waals surface area (Å²) in [5, 5.41) is 17.8. The zero-order chi connectivity index (χ0) is 8.27. The Morgan fingerprint density at radius 3 is 2.55 bits per heavy atom. The average molecular weight is 158 g/mol. The summed E-state index contributed by atoms with van der Waals surface area (Å²) in [6.45, 7) is 0. The van der Waals surface area contributed by atoms with Crippen molar-refractivity contribution in [3.05, 3.63) is 0 Å². The number of carbonyl (C=O) groups is 1. The van der Waals surface area contributed by atoms with Gasteiger partial charge in [-0.3, -0.25) is 4.79 Å². The third-order valence-corrected chi connectivity index (χ3v) is 2.31. The van der Waals surface area contributed by atoms with Crippen LogP contribution in [0.1, 0.15) is 32.1 Å². The standard InChI is InChI=1S/C8H14O3/c9-7-4-2-1-3-6(7)5-8(10)11/h6-7,9H,1-5H2,(H,10,11)/t6?,7-/m0/s1. The molecule has 0 radical (unpaired) electrons. The number of hydrogen-bond acceptors (Lipinski definition) is 2. The van der Waals surface area contributed by atoms with Gasteiger partial charge in [-0.1, -0.05) is 12.8 Å². The normalized spacial score (nSPS) is 31.7. The molecular weight excluding hydrogens is 144 g/mol. The number of aliphatic carboxylic acids is 1. The van der Waals surface area contributed by atoms with Crippen molar-refractivity contribution in [2.24, 2.45) is 5.92 Å². The van der Waals surface area contributed by atoms with Crippen LogP contribution in [0.15, 0.2) is 0 Å². The van der Waals surface area contributed by atoms with Gasteiger partial charge < -0.3 is 10.2 Å². The molecule has 0 heterocycles. The molecular formula is C8H14O3. The van der Waals surface area contributed by atoms with Crippen LogP contribution in [0.5, 0.6) is 0 Å². The summed E-state index contributed by atoms with van der Waals surface area (Å²) in [4.78, 5) is 10.3. The fourth-order valence-electron chi connectivity index (χ4n) is 1.65. The summed E-state index contributed by atoms with van der Waals surface area (Å²) in [6, 6.07) is 0. The van der Waals surface area contributed by atoms with Gasteiger partial charge in [0, 0.05) is 0 Å². The molecule has 1 fully saturated rings. The zero-order valence-electron chi connectivity index (χ0n) is 6.49. The number of hydrogen-bond donors (Lipinski definition) is 2. The van der Waals surface area contributed by atoms with E-state index >= 15 is 0 Å². The van der Waals surface area contributed by atoms with Crippen molar-refractivity contribution in [3.63, 3.8) is 0 Å². The lowest BCUT2D eigenvalue weighted by Gasteiger charge is -2.25. The van der Waals surface area contributed by atoms with Crippen molar-refractivity contribution in [1.82, 2.24) is 0 Å². The monoisotopic (exact) mass is 158 g/mol. The zero-order valence-corrected chi connectivity index (χ0v) is 6.49. The second-order valence-corrected chi connectivity index (χ2v) is 3.21. The molecule has 3 nitrogen and oxygen atoms in total. The van der Waals surface area contributed by atoms with E-state index in [1.54, 1.807) is 0 Å². The van der Waals surface area contributed by atoms with Gasteiger partial charge in [0.15, 0.2) is 0 Å². The van der Waals surface area contributed by atoms with Gasteiger partial charge in [-0.25, -0.2) is 0 Å². The van der Waals surface area contributed by atoms with E-state index in [1.165, 1.54) is 0 Å². The molecule has 1 saturated carbocycles.